The summed E-state index contributed by atoms with van der Waals surface area (Å²) in [4.78, 5) is 25.2. The van der Waals surface area contributed by atoms with Gasteiger partial charge in [-0.15, -0.1) is 0 Å². The molecule has 3 atom stereocenters. The Morgan fingerprint density at radius 2 is 1.53 bits per heavy atom. The molecular formula is C29H32N2O3. The van der Waals surface area contributed by atoms with Gasteiger partial charge >= 0.3 is 6.09 Å². The zero-order valence-electron chi connectivity index (χ0n) is 19.6. The number of carbonyl (C=O) groups excluding carboxylic acids is 2. The molecule has 0 aliphatic heterocycles. The van der Waals surface area contributed by atoms with Crippen LogP contribution in [0.15, 0.2) is 84.9 Å². The zero-order chi connectivity index (χ0) is 23.8. The number of hydrogen-bond acceptors (Lipinski definition) is 3. The van der Waals surface area contributed by atoms with Gasteiger partial charge in [0.25, 0.3) is 0 Å². The number of amides is 2. The predicted molar refractivity (Wildman–Crippen MR) is 133 cm³/mol. The quantitative estimate of drug-likeness (QED) is 0.450. The van der Waals surface area contributed by atoms with Crippen molar-refractivity contribution in [2.45, 2.75) is 51.1 Å². The lowest BCUT2D eigenvalue weighted by Gasteiger charge is -2.32. The maximum atomic E-state index is 13.2. The van der Waals surface area contributed by atoms with Crippen molar-refractivity contribution in [1.29, 1.82) is 0 Å². The van der Waals surface area contributed by atoms with Crippen molar-refractivity contribution in [2.75, 3.05) is 0 Å². The van der Waals surface area contributed by atoms with Crippen molar-refractivity contribution in [3.63, 3.8) is 0 Å². The Morgan fingerprint density at radius 1 is 0.882 bits per heavy atom. The fourth-order valence-corrected chi connectivity index (χ4v) is 4.68. The van der Waals surface area contributed by atoms with Crippen LogP contribution in [0.5, 0.6) is 5.75 Å². The van der Waals surface area contributed by atoms with Crippen LogP contribution in [-0.4, -0.2) is 12.0 Å². The van der Waals surface area contributed by atoms with Crippen molar-refractivity contribution < 1.29 is 14.3 Å². The van der Waals surface area contributed by atoms with Gasteiger partial charge in [-0.2, -0.15) is 0 Å². The van der Waals surface area contributed by atoms with Gasteiger partial charge in [0.15, 0.2) is 0 Å². The molecule has 3 aromatic rings. The number of rotatable bonds is 7. The predicted octanol–water partition coefficient (Wildman–Crippen LogP) is 6.13. The highest BCUT2D eigenvalue weighted by Crippen LogP contribution is 2.38. The minimum Gasteiger partial charge on any atom is -0.410 e. The summed E-state index contributed by atoms with van der Waals surface area (Å²) in [5.41, 5.74) is 3.29. The highest BCUT2D eigenvalue weighted by Gasteiger charge is 2.32. The van der Waals surface area contributed by atoms with Gasteiger partial charge in [-0.3, -0.25) is 4.79 Å². The van der Waals surface area contributed by atoms with E-state index >= 15 is 0 Å². The minimum atomic E-state index is -0.480. The monoisotopic (exact) mass is 456 g/mol. The van der Waals surface area contributed by atoms with E-state index in [1.54, 1.807) is 12.1 Å². The van der Waals surface area contributed by atoms with Crippen molar-refractivity contribution >= 4 is 12.0 Å². The number of hydrogen-bond donors (Lipinski definition) is 2. The molecule has 1 fully saturated rings. The van der Waals surface area contributed by atoms with Gasteiger partial charge < -0.3 is 15.4 Å². The summed E-state index contributed by atoms with van der Waals surface area (Å²) in [6.45, 7) is 2.42. The van der Waals surface area contributed by atoms with Crippen LogP contribution < -0.4 is 15.4 Å². The summed E-state index contributed by atoms with van der Waals surface area (Å²) < 4.78 is 5.26. The highest BCUT2D eigenvalue weighted by atomic mass is 16.6. The van der Waals surface area contributed by atoms with E-state index in [1.807, 2.05) is 67.6 Å². The van der Waals surface area contributed by atoms with Gasteiger partial charge in [0.2, 0.25) is 5.91 Å². The third kappa shape index (κ3) is 6.25. The number of nitrogens with one attached hydrogen (secondary N) is 2. The minimum absolute atomic E-state index is 0.0135. The molecule has 34 heavy (non-hydrogen) atoms. The van der Waals surface area contributed by atoms with Crippen LogP contribution in [0, 0.1) is 5.92 Å². The summed E-state index contributed by atoms with van der Waals surface area (Å²) >= 11 is 0. The van der Waals surface area contributed by atoms with E-state index in [1.165, 1.54) is 5.56 Å². The maximum absolute atomic E-state index is 13.2. The zero-order valence-corrected chi connectivity index (χ0v) is 19.6. The van der Waals surface area contributed by atoms with Crippen molar-refractivity contribution in [1.82, 2.24) is 10.6 Å². The van der Waals surface area contributed by atoms with Crippen LogP contribution >= 0.6 is 0 Å². The number of ether oxygens (including phenoxy) is 1. The Morgan fingerprint density at radius 3 is 2.24 bits per heavy atom. The highest BCUT2D eigenvalue weighted by molar-refractivity contribution is 5.80. The van der Waals surface area contributed by atoms with E-state index in [9.17, 15) is 9.59 Å². The first kappa shape index (κ1) is 23.6. The molecule has 0 heterocycles. The van der Waals surface area contributed by atoms with E-state index in [2.05, 4.69) is 22.8 Å². The van der Waals surface area contributed by atoms with Crippen LogP contribution in [0.3, 0.4) is 0 Å². The van der Waals surface area contributed by atoms with Crippen LogP contribution in [-0.2, 0) is 11.3 Å². The summed E-state index contributed by atoms with van der Waals surface area (Å²) in [6.07, 6.45) is 3.66. The SMILES string of the molecule is C[C@H](NC(=O)[C@H]1CCCC[C@@H]1c1ccc(CNC(=O)Oc2ccccc2)cc1)c1ccccc1. The van der Waals surface area contributed by atoms with Gasteiger partial charge in [-0.1, -0.05) is 85.6 Å². The normalized spacial score (nSPS) is 18.5. The van der Waals surface area contributed by atoms with E-state index < -0.39 is 6.09 Å². The Kier molecular flexibility index (Phi) is 7.97. The molecule has 0 radical (unpaired) electrons. The van der Waals surface area contributed by atoms with E-state index in [4.69, 9.17) is 4.74 Å². The molecule has 1 saturated carbocycles. The Labute approximate surface area is 201 Å². The second-order valence-electron chi connectivity index (χ2n) is 8.94. The fourth-order valence-electron chi connectivity index (χ4n) is 4.68. The van der Waals surface area contributed by atoms with E-state index in [0.717, 1.165) is 36.8 Å². The molecule has 1 aliphatic carbocycles. The van der Waals surface area contributed by atoms with Gasteiger partial charge in [0, 0.05) is 12.5 Å². The number of para-hydroxylation sites is 1. The third-order valence-corrected chi connectivity index (χ3v) is 6.56. The molecule has 0 saturated heterocycles. The second kappa shape index (κ2) is 11.5. The van der Waals surface area contributed by atoms with Crippen LogP contribution in [0.2, 0.25) is 0 Å². The Hall–Kier alpha value is -3.60. The Balaban J connectivity index is 1.34. The third-order valence-electron chi connectivity index (χ3n) is 6.56. The van der Waals surface area contributed by atoms with Crippen molar-refractivity contribution in [3.05, 3.63) is 102 Å². The molecule has 5 heteroatoms. The molecule has 0 aromatic heterocycles. The maximum Gasteiger partial charge on any atom is 0.412 e. The second-order valence-corrected chi connectivity index (χ2v) is 8.94. The molecular weight excluding hydrogens is 424 g/mol. The summed E-state index contributed by atoms with van der Waals surface area (Å²) in [6, 6.07) is 27.3. The molecule has 4 rings (SSSR count). The molecule has 176 valence electrons. The topological polar surface area (TPSA) is 67.4 Å². The van der Waals surface area contributed by atoms with Crippen molar-refractivity contribution in [3.8, 4) is 5.75 Å². The number of benzene rings is 3. The molecule has 0 spiro atoms. The molecule has 1 aliphatic rings. The summed E-state index contributed by atoms with van der Waals surface area (Å²) in [5.74, 6) is 0.834. The first-order valence-corrected chi connectivity index (χ1v) is 12.0. The fraction of sp³-hybridized carbons (Fsp3) is 0.310. The average molecular weight is 457 g/mol. The van der Waals surface area contributed by atoms with Crippen LogP contribution in [0.25, 0.3) is 0 Å². The molecule has 0 bridgehead atoms. The lowest BCUT2D eigenvalue weighted by molar-refractivity contribution is -0.127. The molecule has 2 N–H and O–H groups in total. The lowest BCUT2D eigenvalue weighted by Crippen LogP contribution is -2.37. The van der Waals surface area contributed by atoms with Crippen LogP contribution in [0.4, 0.5) is 4.79 Å². The van der Waals surface area contributed by atoms with Gasteiger partial charge in [0.05, 0.1) is 6.04 Å². The first-order valence-electron chi connectivity index (χ1n) is 12.0. The summed E-state index contributed by atoms with van der Waals surface area (Å²) in [5, 5.41) is 6.01. The molecule has 2 amide bonds. The first-order chi connectivity index (χ1) is 16.6. The molecule has 0 unspecified atom stereocenters. The molecule has 5 nitrogen and oxygen atoms in total. The van der Waals surface area contributed by atoms with E-state index in [-0.39, 0.29) is 23.8 Å². The van der Waals surface area contributed by atoms with Gasteiger partial charge in [0.1, 0.15) is 5.75 Å². The Bertz CT molecular complexity index is 1070. The standard InChI is InChI=1S/C29H32N2O3/c1-21(23-10-4-2-5-11-23)31-28(32)27-15-9-8-14-26(27)24-18-16-22(17-19-24)20-30-29(33)34-25-12-6-3-7-13-25/h2-7,10-13,16-19,21,26-27H,8-9,14-15,20H2,1H3,(H,30,33)(H,31,32)/t21-,26+,27-/m0/s1. The largest absolute Gasteiger partial charge is 0.412 e. The molecule has 3 aromatic carbocycles. The lowest BCUT2D eigenvalue weighted by atomic mass is 9.75. The smallest absolute Gasteiger partial charge is 0.410 e. The average Bonchev–Trinajstić information content (AvgIpc) is 2.89. The van der Waals surface area contributed by atoms with Crippen LogP contribution in [0.1, 0.15) is 61.3 Å². The summed E-state index contributed by atoms with van der Waals surface area (Å²) in [7, 11) is 0. The van der Waals surface area contributed by atoms with Gasteiger partial charge in [-0.25, -0.2) is 4.79 Å². The number of carbonyl (C=O) groups is 2. The van der Waals surface area contributed by atoms with Gasteiger partial charge in [-0.05, 0) is 54.5 Å². The van der Waals surface area contributed by atoms with E-state index in [0.29, 0.717) is 12.3 Å². The van der Waals surface area contributed by atoms with Crippen molar-refractivity contribution in [2.24, 2.45) is 5.92 Å².